The van der Waals surface area contributed by atoms with Gasteiger partial charge in [0.25, 0.3) is 5.91 Å². The molecule has 1 spiro atoms. The molecule has 2 bridgehead atoms. The fourth-order valence-electron chi connectivity index (χ4n) is 7.52. The smallest absolute Gasteiger partial charge is 0.251 e. The van der Waals surface area contributed by atoms with Crippen LogP contribution in [0.15, 0.2) is 73.8 Å². The Morgan fingerprint density at radius 2 is 1.84 bits per heavy atom. The number of aryl methyl sites for hydroxylation is 1. The van der Waals surface area contributed by atoms with Crippen LogP contribution in [0.2, 0.25) is 5.02 Å². The molecule has 7 atom stereocenters. The Balaban J connectivity index is 1.59. The van der Waals surface area contributed by atoms with Gasteiger partial charge in [0.2, 0.25) is 11.8 Å². The molecule has 0 saturated carbocycles. The van der Waals surface area contributed by atoms with Crippen molar-refractivity contribution in [2.75, 3.05) is 24.6 Å². The number of aliphatic hydroxyl groups is 1. The number of fused-ring (bicyclic) bond motifs is 1. The molecule has 43 heavy (non-hydrogen) atoms. The van der Waals surface area contributed by atoms with Crippen LogP contribution in [0, 0.1) is 24.7 Å². The number of carbonyl (C=O) groups excluding carboxylic acids is 3. The minimum absolute atomic E-state index is 0.00903. The maximum absolute atomic E-state index is 14.9. The van der Waals surface area contributed by atoms with E-state index < -0.39 is 28.7 Å². The number of hydrogen-bond donors (Lipinski definition) is 1. The summed E-state index contributed by atoms with van der Waals surface area (Å²) in [6, 6.07) is 13.8. The first-order valence-corrected chi connectivity index (χ1v) is 16.1. The van der Waals surface area contributed by atoms with Gasteiger partial charge in [-0.2, -0.15) is 0 Å². The van der Waals surface area contributed by atoms with Crippen molar-refractivity contribution in [3.05, 3.63) is 90.0 Å². The lowest BCUT2D eigenvalue weighted by Crippen LogP contribution is -2.59. The quantitative estimate of drug-likeness (QED) is 0.353. The molecular weight excluding hydrogens is 582 g/mol. The average Bonchev–Trinajstić information content (AvgIpc) is 3.59. The van der Waals surface area contributed by atoms with Gasteiger partial charge in [-0.3, -0.25) is 14.4 Å². The highest BCUT2D eigenvalue weighted by Gasteiger charge is 2.76. The first-order chi connectivity index (χ1) is 20.6. The monoisotopic (exact) mass is 621 g/mol. The molecular formula is C34H40ClN3O4S. The van der Waals surface area contributed by atoms with Gasteiger partial charge in [0.15, 0.2) is 0 Å². The summed E-state index contributed by atoms with van der Waals surface area (Å²) >= 11 is 8.29. The summed E-state index contributed by atoms with van der Waals surface area (Å²) in [5.74, 6) is -1.89. The molecule has 1 N–H and O–H groups in total. The number of benzene rings is 2. The maximum atomic E-state index is 14.9. The zero-order valence-corrected chi connectivity index (χ0v) is 26.6. The Hall–Kier alpha value is -3.07. The third-order valence-electron chi connectivity index (χ3n) is 9.36. The highest BCUT2D eigenvalue weighted by molar-refractivity contribution is 8.02. The Kier molecular flexibility index (Phi) is 9.12. The van der Waals surface area contributed by atoms with Gasteiger partial charge in [0.1, 0.15) is 6.04 Å². The molecule has 2 aromatic rings. The van der Waals surface area contributed by atoms with Crippen molar-refractivity contribution < 1.29 is 19.5 Å². The molecule has 3 fully saturated rings. The summed E-state index contributed by atoms with van der Waals surface area (Å²) in [4.78, 5) is 48.8. The Morgan fingerprint density at radius 3 is 2.47 bits per heavy atom. The van der Waals surface area contributed by atoms with Gasteiger partial charge in [-0.25, -0.2) is 0 Å². The highest BCUT2D eigenvalue weighted by atomic mass is 35.5. The minimum Gasteiger partial charge on any atom is -0.394 e. The lowest BCUT2D eigenvalue weighted by Gasteiger charge is -2.42. The molecule has 0 aromatic heterocycles. The summed E-state index contributed by atoms with van der Waals surface area (Å²) < 4.78 is -0.830. The van der Waals surface area contributed by atoms with E-state index in [-0.39, 0.29) is 42.0 Å². The number of amides is 3. The van der Waals surface area contributed by atoms with Crippen molar-refractivity contribution in [1.29, 1.82) is 0 Å². The third kappa shape index (κ3) is 5.11. The molecule has 3 heterocycles. The highest BCUT2D eigenvalue weighted by Crippen LogP contribution is 2.69. The first-order valence-electron chi connectivity index (χ1n) is 14.8. The molecule has 3 saturated heterocycles. The van der Waals surface area contributed by atoms with E-state index in [9.17, 15) is 19.5 Å². The molecule has 3 unspecified atom stereocenters. The van der Waals surface area contributed by atoms with E-state index in [1.807, 2.05) is 49.4 Å². The van der Waals surface area contributed by atoms with Gasteiger partial charge in [-0.05, 0) is 43.4 Å². The van der Waals surface area contributed by atoms with Crippen molar-refractivity contribution in [1.82, 2.24) is 9.80 Å². The Morgan fingerprint density at radius 1 is 1.14 bits per heavy atom. The second-order valence-electron chi connectivity index (χ2n) is 12.0. The summed E-state index contributed by atoms with van der Waals surface area (Å²) in [7, 11) is 0. The van der Waals surface area contributed by atoms with Gasteiger partial charge < -0.3 is 19.8 Å². The van der Waals surface area contributed by atoms with Gasteiger partial charge in [0.05, 0.1) is 39.9 Å². The van der Waals surface area contributed by atoms with Gasteiger partial charge in [-0.1, -0.05) is 73.1 Å². The second-order valence-corrected chi connectivity index (χ2v) is 13.9. The number of aliphatic hydroxyl groups excluding tert-OH is 1. The molecule has 0 aliphatic carbocycles. The van der Waals surface area contributed by atoms with Crippen LogP contribution >= 0.6 is 23.4 Å². The summed E-state index contributed by atoms with van der Waals surface area (Å²) in [5, 5.41) is 10.6. The standard InChI is InChI=1S/C34H40ClN3O4S/c1-6-16-36(19-24-13-9-8-10-14-24)31(40)27-26-18-22(4)34(43-26)28(27)32(41)38(23(5)20-39)30(34)33(42)37(17-7-2)29-21(3)12-11-15-25(29)35/h6-15,22-23,26-28,30,39H,1-2,16-20H2,3-5H3/t22?,23-,26+,27-,28+,30?,34?/m1/s1. The van der Waals surface area contributed by atoms with Gasteiger partial charge >= 0.3 is 0 Å². The maximum Gasteiger partial charge on any atom is 0.251 e. The molecule has 5 rings (SSSR count). The number of likely N-dealkylation sites (tertiary alicyclic amines) is 1. The summed E-state index contributed by atoms with van der Waals surface area (Å²) in [6.45, 7) is 14.2. The summed E-state index contributed by atoms with van der Waals surface area (Å²) in [5.41, 5.74) is 2.40. The summed E-state index contributed by atoms with van der Waals surface area (Å²) in [6.07, 6.45) is 4.08. The molecule has 228 valence electrons. The van der Waals surface area contributed by atoms with Crippen LogP contribution < -0.4 is 4.90 Å². The topological polar surface area (TPSA) is 81.2 Å². The van der Waals surface area contributed by atoms with Gasteiger partial charge in [0, 0.05) is 24.9 Å². The van der Waals surface area contributed by atoms with Crippen LogP contribution in [0.1, 0.15) is 31.4 Å². The average molecular weight is 622 g/mol. The Bertz CT molecular complexity index is 1400. The number of nitrogens with zero attached hydrogens (tertiary/aromatic N) is 3. The van der Waals surface area contributed by atoms with E-state index in [1.54, 1.807) is 51.6 Å². The number of carbonyl (C=O) groups is 3. The van der Waals surface area contributed by atoms with E-state index in [4.69, 9.17) is 11.6 Å². The van der Waals surface area contributed by atoms with Crippen LogP contribution in [-0.2, 0) is 20.9 Å². The number of rotatable bonds is 11. The van der Waals surface area contributed by atoms with Crippen LogP contribution in [0.4, 0.5) is 5.69 Å². The van der Waals surface area contributed by atoms with E-state index >= 15 is 0 Å². The van der Waals surface area contributed by atoms with E-state index in [0.29, 0.717) is 23.8 Å². The van der Waals surface area contributed by atoms with E-state index in [2.05, 4.69) is 20.1 Å². The van der Waals surface area contributed by atoms with Crippen molar-refractivity contribution in [2.45, 2.75) is 55.8 Å². The van der Waals surface area contributed by atoms with E-state index in [0.717, 1.165) is 17.5 Å². The number of halogens is 1. The lowest BCUT2D eigenvalue weighted by atomic mass is 9.65. The number of para-hydroxylation sites is 1. The fraction of sp³-hybridized carbons (Fsp3) is 0.441. The van der Waals surface area contributed by atoms with Crippen molar-refractivity contribution in [2.24, 2.45) is 17.8 Å². The number of hydrogen-bond acceptors (Lipinski definition) is 5. The number of anilines is 1. The number of thioether (sulfide) groups is 1. The molecule has 3 amide bonds. The minimum atomic E-state index is -0.882. The predicted molar refractivity (Wildman–Crippen MR) is 173 cm³/mol. The third-order valence-corrected chi connectivity index (χ3v) is 11.7. The molecule has 0 radical (unpaired) electrons. The van der Waals surface area contributed by atoms with Crippen LogP contribution in [0.25, 0.3) is 0 Å². The van der Waals surface area contributed by atoms with Crippen LogP contribution in [0.3, 0.4) is 0 Å². The van der Waals surface area contributed by atoms with Gasteiger partial charge in [-0.15, -0.1) is 24.9 Å². The van der Waals surface area contributed by atoms with Crippen molar-refractivity contribution in [3.8, 4) is 0 Å². The van der Waals surface area contributed by atoms with Crippen molar-refractivity contribution >= 4 is 46.8 Å². The van der Waals surface area contributed by atoms with Crippen LogP contribution in [-0.4, -0.2) is 74.4 Å². The normalized spacial score (nSPS) is 28.0. The second kappa shape index (κ2) is 12.5. The zero-order valence-electron chi connectivity index (χ0n) is 25.0. The molecule has 7 nitrogen and oxygen atoms in total. The van der Waals surface area contributed by atoms with Crippen molar-refractivity contribution in [3.63, 3.8) is 0 Å². The molecule has 3 aliphatic heterocycles. The Labute approximate surface area is 263 Å². The lowest BCUT2D eigenvalue weighted by molar-refractivity contribution is -0.145. The molecule has 9 heteroatoms. The SMILES string of the molecule is C=CCN(Cc1ccccc1)C(=O)[C@@H]1[C@@H]2CC(C)C3(S2)C(C(=O)N(CC=C)c2c(C)cccc2Cl)N([C@H](C)CO)C(=O)[C@H]13. The fourth-order valence-corrected chi connectivity index (χ4v) is 10.2. The molecule has 3 aliphatic rings. The van der Waals surface area contributed by atoms with Crippen LogP contribution in [0.5, 0.6) is 0 Å². The predicted octanol–water partition coefficient (Wildman–Crippen LogP) is 5.10. The zero-order chi connectivity index (χ0) is 31.1. The van der Waals surface area contributed by atoms with E-state index in [1.165, 1.54) is 0 Å². The first kappa shape index (κ1) is 31.4. The molecule has 2 aromatic carbocycles. The largest absolute Gasteiger partial charge is 0.394 e.